The Kier molecular flexibility index (Phi) is 9.64. The van der Waals surface area contributed by atoms with E-state index in [9.17, 15) is 9.59 Å². The second-order valence-electron chi connectivity index (χ2n) is 9.81. The number of amides is 3. The first kappa shape index (κ1) is 28.2. The van der Waals surface area contributed by atoms with Gasteiger partial charge in [0, 0.05) is 35.3 Å². The Morgan fingerprint density at radius 3 is 2.21 bits per heavy atom. The highest BCUT2D eigenvalue weighted by atomic mass is 32.1. The summed E-state index contributed by atoms with van der Waals surface area (Å²) in [6.45, 7) is 4.60. The molecule has 4 rings (SSSR count). The summed E-state index contributed by atoms with van der Waals surface area (Å²) < 4.78 is 16.4. The number of carbonyl (C=O) groups excluding carboxylic acids is 2. The Morgan fingerprint density at radius 1 is 0.949 bits per heavy atom. The first-order valence-corrected chi connectivity index (χ1v) is 14.0. The van der Waals surface area contributed by atoms with Crippen LogP contribution in [-0.2, 0) is 6.61 Å². The Bertz CT molecular complexity index is 1240. The minimum Gasteiger partial charge on any atom is -0.497 e. The van der Waals surface area contributed by atoms with E-state index in [-0.39, 0.29) is 24.0 Å². The molecule has 1 fully saturated rings. The Labute approximate surface area is 233 Å². The van der Waals surface area contributed by atoms with E-state index in [0.717, 1.165) is 36.4 Å². The molecule has 1 aliphatic rings. The van der Waals surface area contributed by atoms with Crippen molar-refractivity contribution in [1.82, 2.24) is 15.6 Å². The molecule has 0 spiro atoms. The Hall–Kier alpha value is -3.79. The highest BCUT2D eigenvalue weighted by Gasteiger charge is 2.29. The van der Waals surface area contributed by atoms with Crippen molar-refractivity contribution in [3.63, 3.8) is 0 Å². The monoisotopic (exact) mass is 552 g/mol. The van der Waals surface area contributed by atoms with E-state index in [2.05, 4.69) is 46.9 Å². The smallest absolute Gasteiger partial charge is 0.319 e. The molecule has 0 radical (unpaired) electrons. The van der Waals surface area contributed by atoms with Gasteiger partial charge in [-0.15, -0.1) is 11.3 Å². The summed E-state index contributed by atoms with van der Waals surface area (Å²) in [5.41, 5.74) is 2.16. The van der Waals surface area contributed by atoms with Crippen molar-refractivity contribution in [1.29, 1.82) is 0 Å². The highest BCUT2D eigenvalue weighted by Crippen LogP contribution is 2.26. The molecule has 3 aromatic rings. The molecule has 39 heavy (non-hydrogen) atoms. The number of carbonyl (C=O) groups is 2. The molecule has 3 amide bonds. The van der Waals surface area contributed by atoms with Gasteiger partial charge in [-0.05, 0) is 36.5 Å². The van der Waals surface area contributed by atoms with Crippen LogP contribution in [0.1, 0.15) is 66.5 Å². The second-order valence-corrected chi connectivity index (χ2v) is 10.8. The summed E-state index contributed by atoms with van der Waals surface area (Å²) in [4.78, 5) is 30.3. The number of thiazole rings is 1. The zero-order valence-corrected chi connectivity index (χ0v) is 23.6. The van der Waals surface area contributed by atoms with Crippen LogP contribution >= 0.6 is 11.3 Å². The highest BCUT2D eigenvalue weighted by molar-refractivity contribution is 7.09. The first-order valence-electron chi connectivity index (χ1n) is 13.1. The number of nitrogens with one attached hydrogen (secondary N) is 3. The van der Waals surface area contributed by atoms with Crippen molar-refractivity contribution in [2.24, 2.45) is 0 Å². The maximum absolute atomic E-state index is 13.0. The maximum Gasteiger partial charge on any atom is 0.319 e. The molecular formula is C29H36N4O5S. The van der Waals surface area contributed by atoms with Crippen molar-refractivity contribution >= 4 is 29.0 Å². The topological polar surface area (TPSA) is 111 Å². The van der Waals surface area contributed by atoms with Crippen LogP contribution < -0.4 is 30.2 Å². The molecule has 10 heteroatoms. The number of nitrogens with zero attached hydrogens (tertiary/aromatic N) is 1. The number of hydrogen-bond donors (Lipinski definition) is 3. The third-order valence-electron chi connectivity index (χ3n) is 6.70. The van der Waals surface area contributed by atoms with Crippen molar-refractivity contribution in [3.8, 4) is 17.2 Å². The van der Waals surface area contributed by atoms with Crippen molar-refractivity contribution in [2.45, 2.75) is 64.1 Å². The summed E-state index contributed by atoms with van der Waals surface area (Å²) in [5.74, 6) is 2.12. The lowest BCUT2D eigenvalue weighted by molar-refractivity contribution is 0.0911. The quantitative estimate of drug-likeness (QED) is 0.296. The lowest BCUT2D eigenvalue weighted by Gasteiger charge is -2.32. The van der Waals surface area contributed by atoms with Gasteiger partial charge in [-0.25, -0.2) is 9.78 Å². The van der Waals surface area contributed by atoms with Crippen molar-refractivity contribution in [3.05, 3.63) is 64.1 Å². The second kappa shape index (κ2) is 13.3. The predicted molar refractivity (Wildman–Crippen MR) is 152 cm³/mol. The van der Waals surface area contributed by atoms with Crippen LogP contribution in [0.4, 0.5) is 10.5 Å². The number of hydrogen-bond acceptors (Lipinski definition) is 7. The minimum atomic E-state index is -0.356. The molecule has 2 atom stereocenters. The molecule has 9 nitrogen and oxygen atoms in total. The van der Waals surface area contributed by atoms with E-state index >= 15 is 0 Å². The largest absolute Gasteiger partial charge is 0.497 e. The summed E-state index contributed by atoms with van der Waals surface area (Å²) in [6, 6.07) is 12.4. The molecule has 0 bridgehead atoms. The van der Waals surface area contributed by atoms with Gasteiger partial charge in [0.05, 0.1) is 20.3 Å². The number of anilines is 1. The van der Waals surface area contributed by atoms with Crippen LogP contribution in [0.5, 0.6) is 17.2 Å². The third-order valence-corrected chi connectivity index (χ3v) is 7.52. The van der Waals surface area contributed by atoms with E-state index in [1.54, 1.807) is 37.8 Å². The van der Waals surface area contributed by atoms with Crippen molar-refractivity contribution in [2.75, 3.05) is 19.5 Å². The fourth-order valence-corrected chi connectivity index (χ4v) is 5.19. The number of urea groups is 1. The van der Waals surface area contributed by atoms with Gasteiger partial charge in [-0.3, -0.25) is 4.79 Å². The van der Waals surface area contributed by atoms with Gasteiger partial charge in [-0.2, -0.15) is 0 Å². The SMILES string of the molecule is COc1cc(NC(=O)N[C@H]2CCCC[C@@H]2NC(=O)c2csc(COc3ccc(C(C)C)cc3)n2)cc(OC)c1. The Morgan fingerprint density at radius 2 is 1.59 bits per heavy atom. The molecule has 1 saturated carbocycles. The summed E-state index contributed by atoms with van der Waals surface area (Å²) in [5, 5.41) is 11.4. The molecule has 0 unspecified atom stereocenters. The number of aromatic nitrogens is 1. The number of ether oxygens (including phenoxy) is 3. The van der Waals surface area contributed by atoms with Crippen LogP contribution in [0.3, 0.4) is 0 Å². The van der Waals surface area contributed by atoms with Crippen LogP contribution in [-0.4, -0.2) is 43.2 Å². The molecular weight excluding hydrogens is 516 g/mol. The molecule has 208 valence electrons. The third kappa shape index (κ3) is 7.86. The summed E-state index contributed by atoms with van der Waals surface area (Å²) in [6.07, 6.45) is 3.49. The summed E-state index contributed by atoms with van der Waals surface area (Å²) in [7, 11) is 3.11. The van der Waals surface area contributed by atoms with Crippen molar-refractivity contribution < 1.29 is 23.8 Å². The number of rotatable bonds is 10. The van der Waals surface area contributed by atoms with Crippen LogP contribution in [0.2, 0.25) is 0 Å². The van der Waals surface area contributed by atoms with Gasteiger partial charge >= 0.3 is 6.03 Å². The molecule has 2 aromatic carbocycles. The fourth-order valence-electron chi connectivity index (χ4n) is 4.51. The standard InChI is InChI=1S/C29H36N4O5S/c1-18(2)19-9-11-21(12-10-19)38-16-27-31-26(17-39-27)28(34)32-24-7-5-6-8-25(24)33-29(35)30-20-13-22(36-3)15-23(14-20)37-4/h9-15,17-18,24-25H,5-8,16H2,1-4H3,(H,32,34)(H2,30,33,35)/t24-,25-/m0/s1. The molecule has 1 aliphatic carbocycles. The summed E-state index contributed by atoms with van der Waals surface area (Å²) >= 11 is 1.39. The van der Waals surface area contributed by atoms with Gasteiger partial charge < -0.3 is 30.2 Å². The van der Waals surface area contributed by atoms with Gasteiger partial charge in [0.25, 0.3) is 5.91 Å². The van der Waals surface area contributed by atoms with Crippen LogP contribution in [0, 0.1) is 0 Å². The first-order chi connectivity index (χ1) is 18.8. The van der Waals surface area contributed by atoms with E-state index in [1.807, 2.05) is 12.1 Å². The molecule has 1 aromatic heterocycles. The average Bonchev–Trinajstić information content (AvgIpc) is 3.42. The van der Waals surface area contributed by atoms with E-state index in [1.165, 1.54) is 16.9 Å². The number of benzene rings is 2. The molecule has 0 aliphatic heterocycles. The number of methoxy groups -OCH3 is 2. The predicted octanol–water partition coefficient (Wildman–Crippen LogP) is 5.73. The van der Waals surface area contributed by atoms with E-state index in [0.29, 0.717) is 35.4 Å². The van der Waals surface area contributed by atoms with Crippen LogP contribution in [0.15, 0.2) is 47.8 Å². The fraction of sp³-hybridized carbons (Fsp3) is 0.414. The lowest BCUT2D eigenvalue weighted by Crippen LogP contribution is -2.54. The molecule has 1 heterocycles. The molecule has 3 N–H and O–H groups in total. The lowest BCUT2D eigenvalue weighted by atomic mass is 9.90. The van der Waals surface area contributed by atoms with E-state index < -0.39 is 0 Å². The van der Waals surface area contributed by atoms with Gasteiger partial charge in [0.2, 0.25) is 0 Å². The Balaban J connectivity index is 1.31. The minimum absolute atomic E-state index is 0.197. The average molecular weight is 553 g/mol. The van der Waals surface area contributed by atoms with Gasteiger partial charge in [0.1, 0.15) is 34.6 Å². The zero-order valence-electron chi connectivity index (χ0n) is 22.8. The van der Waals surface area contributed by atoms with Gasteiger partial charge in [0.15, 0.2) is 0 Å². The molecule has 0 saturated heterocycles. The van der Waals surface area contributed by atoms with E-state index in [4.69, 9.17) is 14.2 Å². The zero-order chi connectivity index (χ0) is 27.8. The van der Waals surface area contributed by atoms with Gasteiger partial charge in [-0.1, -0.05) is 38.8 Å². The maximum atomic E-state index is 13.0. The normalized spacial score (nSPS) is 16.8. The van der Waals surface area contributed by atoms with Crippen LogP contribution in [0.25, 0.3) is 0 Å².